The molecule has 1 N–H and O–H groups in total. The van der Waals surface area contributed by atoms with Gasteiger partial charge in [0.15, 0.2) is 11.5 Å². The van der Waals surface area contributed by atoms with Crippen molar-refractivity contribution < 1.29 is 4.39 Å². The van der Waals surface area contributed by atoms with Gasteiger partial charge in [-0.1, -0.05) is 0 Å². The van der Waals surface area contributed by atoms with E-state index in [1.165, 1.54) is 18.5 Å². The van der Waals surface area contributed by atoms with Crippen LogP contribution >= 0.6 is 0 Å². The number of aromatic nitrogens is 7. The van der Waals surface area contributed by atoms with Crippen molar-refractivity contribution in [2.45, 2.75) is 19.9 Å². The predicted octanol–water partition coefficient (Wildman–Crippen LogP) is 4.00. The zero-order valence-corrected chi connectivity index (χ0v) is 16.9. The van der Waals surface area contributed by atoms with Gasteiger partial charge in [-0.15, -0.1) is 15.3 Å². The van der Waals surface area contributed by atoms with Gasteiger partial charge in [-0.3, -0.25) is 0 Å². The number of hydrogen-bond donors (Lipinski definition) is 1. The van der Waals surface area contributed by atoms with E-state index in [0.29, 0.717) is 17.2 Å². The van der Waals surface area contributed by atoms with E-state index >= 15 is 0 Å². The third-order valence-corrected chi connectivity index (χ3v) is 4.72. The molecule has 5 aromatic rings. The summed E-state index contributed by atoms with van der Waals surface area (Å²) in [5.41, 5.74) is 3.98. The van der Waals surface area contributed by atoms with Crippen molar-refractivity contribution in [2.24, 2.45) is 0 Å². The molecule has 0 aliphatic carbocycles. The Labute approximate surface area is 177 Å². The summed E-state index contributed by atoms with van der Waals surface area (Å²) < 4.78 is 16.8. The normalized spacial score (nSPS) is 11.4. The Balaban J connectivity index is 1.66. The van der Waals surface area contributed by atoms with E-state index in [9.17, 15) is 4.39 Å². The number of nitrogens with zero attached hydrogens (tertiary/aromatic N) is 7. The summed E-state index contributed by atoms with van der Waals surface area (Å²) in [7, 11) is 0. The fourth-order valence-corrected chi connectivity index (χ4v) is 3.34. The number of halogens is 1. The van der Waals surface area contributed by atoms with Crippen molar-refractivity contribution in [2.75, 3.05) is 5.32 Å². The fraction of sp³-hybridized carbons (Fsp3) is 0.136. The highest BCUT2D eigenvalue weighted by atomic mass is 19.1. The minimum Gasteiger partial charge on any atom is -0.368 e. The monoisotopic (exact) mass is 414 g/mol. The summed E-state index contributed by atoms with van der Waals surface area (Å²) in [5, 5.41) is 20.5. The second-order valence-corrected chi connectivity index (χ2v) is 7.40. The molecule has 0 amide bonds. The molecule has 0 aliphatic rings. The predicted molar refractivity (Wildman–Crippen MR) is 115 cm³/mol. The Morgan fingerprint density at radius 1 is 0.968 bits per heavy atom. The van der Waals surface area contributed by atoms with Gasteiger partial charge >= 0.3 is 0 Å². The Morgan fingerprint density at radius 2 is 1.81 bits per heavy atom. The molecule has 0 aliphatic heterocycles. The molecule has 0 atom stereocenters. The van der Waals surface area contributed by atoms with Gasteiger partial charge in [0.05, 0.1) is 0 Å². The maximum Gasteiger partial charge on any atom is 0.177 e. The molecule has 0 fully saturated rings. The van der Waals surface area contributed by atoms with Gasteiger partial charge in [-0.2, -0.15) is 9.61 Å². The number of hydrogen-bond acceptors (Lipinski definition) is 6. The highest BCUT2D eigenvalue weighted by molar-refractivity contribution is 5.81. The largest absolute Gasteiger partial charge is 0.368 e. The number of rotatable bonds is 5. The van der Waals surface area contributed by atoms with Gasteiger partial charge in [-0.25, -0.2) is 14.1 Å². The number of nitrogens with one attached hydrogen (secondary N) is 1. The van der Waals surface area contributed by atoms with Crippen LogP contribution in [0, 0.1) is 5.82 Å². The van der Waals surface area contributed by atoms with E-state index < -0.39 is 0 Å². The van der Waals surface area contributed by atoms with Crippen molar-refractivity contribution in [3.8, 4) is 28.2 Å². The second kappa shape index (κ2) is 7.60. The van der Waals surface area contributed by atoms with Crippen LogP contribution in [0.3, 0.4) is 0 Å². The molecule has 0 bridgehead atoms. The molecule has 154 valence electrons. The van der Waals surface area contributed by atoms with Crippen molar-refractivity contribution in [3.63, 3.8) is 0 Å². The number of fused-ring (bicyclic) bond motifs is 1. The highest BCUT2D eigenvalue weighted by Crippen LogP contribution is 2.32. The van der Waals surface area contributed by atoms with E-state index in [1.54, 1.807) is 27.5 Å². The van der Waals surface area contributed by atoms with Crippen LogP contribution in [-0.2, 0) is 0 Å². The third kappa shape index (κ3) is 3.73. The Hall–Kier alpha value is -4.14. The van der Waals surface area contributed by atoms with E-state index in [-0.39, 0.29) is 11.9 Å². The lowest BCUT2D eigenvalue weighted by atomic mass is 10.0. The first-order valence-corrected chi connectivity index (χ1v) is 9.83. The summed E-state index contributed by atoms with van der Waals surface area (Å²) in [5.74, 6) is 1.09. The second-order valence-electron chi connectivity index (χ2n) is 7.40. The van der Waals surface area contributed by atoms with Gasteiger partial charge < -0.3 is 5.32 Å². The number of anilines is 1. The lowest BCUT2D eigenvalue weighted by molar-refractivity contribution is 0.628. The molecule has 0 radical (unpaired) electrons. The third-order valence-electron chi connectivity index (χ3n) is 4.72. The van der Waals surface area contributed by atoms with Crippen LogP contribution in [0.25, 0.3) is 33.8 Å². The maximum atomic E-state index is 13.5. The Kier molecular flexibility index (Phi) is 4.62. The summed E-state index contributed by atoms with van der Waals surface area (Å²) in [4.78, 5) is 4.39. The molecule has 4 aromatic heterocycles. The van der Waals surface area contributed by atoms with Crippen LogP contribution in [-0.4, -0.2) is 40.6 Å². The van der Waals surface area contributed by atoms with E-state index in [1.807, 2.05) is 30.5 Å². The van der Waals surface area contributed by atoms with Crippen molar-refractivity contribution in [1.82, 2.24) is 34.6 Å². The quantitative estimate of drug-likeness (QED) is 0.468. The zero-order chi connectivity index (χ0) is 21.4. The molecule has 8 nitrogen and oxygen atoms in total. The summed E-state index contributed by atoms with van der Waals surface area (Å²) >= 11 is 0. The minimum absolute atomic E-state index is 0.252. The first-order chi connectivity index (χ1) is 15.1. The topological polar surface area (TPSA) is 85.8 Å². The van der Waals surface area contributed by atoms with Gasteiger partial charge in [0.25, 0.3) is 0 Å². The summed E-state index contributed by atoms with van der Waals surface area (Å²) in [6, 6.07) is 14.1. The molecule has 31 heavy (non-hydrogen) atoms. The molecule has 0 unspecified atom stereocenters. The molecule has 0 spiro atoms. The Bertz CT molecular complexity index is 1350. The average molecular weight is 414 g/mol. The van der Waals surface area contributed by atoms with Crippen LogP contribution in [0.4, 0.5) is 10.2 Å². The zero-order valence-electron chi connectivity index (χ0n) is 16.9. The van der Waals surface area contributed by atoms with E-state index in [0.717, 1.165) is 22.5 Å². The number of benzene rings is 1. The van der Waals surface area contributed by atoms with Crippen molar-refractivity contribution in [1.29, 1.82) is 0 Å². The van der Waals surface area contributed by atoms with Crippen LogP contribution in [0.5, 0.6) is 0 Å². The average Bonchev–Trinajstić information content (AvgIpc) is 3.41. The highest BCUT2D eigenvalue weighted by Gasteiger charge is 2.16. The van der Waals surface area contributed by atoms with Crippen molar-refractivity contribution in [3.05, 3.63) is 73.1 Å². The molecular formula is C22H19FN8. The fourth-order valence-electron chi connectivity index (χ4n) is 3.34. The van der Waals surface area contributed by atoms with Gasteiger partial charge in [-0.05, 0) is 67.9 Å². The molecule has 4 heterocycles. The Morgan fingerprint density at radius 3 is 2.61 bits per heavy atom. The molecule has 1 aromatic carbocycles. The van der Waals surface area contributed by atoms with Crippen LogP contribution in [0.1, 0.15) is 13.8 Å². The van der Waals surface area contributed by atoms with Crippen LogP contribution < -0.4 is 5.32 Å². The molecular weight excluding hydrogens is 395 g/mol. The lowest BCUT2D eigenvalue weighted by Crippen LogP contribution is -2.10. The minimum atomic E-state index is -0.295. The summed E-state index contributed by atoms with van der Waals surface area (Å²) in [6.45, 7) is 4.12. The summed E-state index contributed by atoms with van der Waals surface area (Å²) in [6.07, 6.45) is 5.20. The lowest BCUT2D eigenvalue weighted by Gasteiger charge is -2.10. The smallest absolute Gasteiger partial charge is 0.177 e. The van der Waals surface area contributed by atoms with Crippen molar-refractivity contribution >= 4 is 11.5 Å². The first kappa shape index (κ1) is 18.9. The standard InChI is InChI=1S/C22H19FN8/c1-14(2)26-19-11-16(9-10-24-19)18-12-30(21-8-7-20-27-25-13-31(20)28-21)29-22(18)15-3-5-17(23)6-4-15/h3-14H,1-2H3,(H,24,26). The van der Waals surface area contributed by atoms with Gasteiger partial charge in [0.2, 0.25) is 0 Å². The van der Waals surface area contributed by atoms with Gasteiger partial charge in [0.1, 0.15) is 23.7 Å². The molecule has 0 saturated heterocycles. The van der Waals surface area contributed by atoms with Gasteiger partial charge in [0, 0.05) is 29.6 Å². The van der Waals surface area contributed by atoms with E-state index in [4.69, 9.17) is 5.10 Å². The van der Waals surface area contributed by atoms with E-state index in [2.05, 4.69) is 39.4 Å². The number of pyridine rings is 1. The molecule has 5 rings (SSSR count). The SMILES string of the molecule is CC(C)Nc1cc(-c2cn(-c3ccc4nncn4n3)nc2-c2ccc(F)cc2)ccn1. The molecule has 9 heteroatoms. The van der Waals surface area contributed by atoms with Crippen LogP contribution in [0.2, 0.25) is 0 Å². The maximum absolute atomic E-state index is 13.5. The molecule has 0 saturated carbocycles. The van der Waals surface area contributed by atoms with Crippen LogP contribution in [0.15, 0.2) is 67.3 Å². The first-order valence-electron chi connectivity index (χ1n) is 9.83.